The first-order valence-electron chi connectivity index (χ1n) is 7.31. The van der Waals surface area contributed by atoms with Gasteiger partial charge in [-0.15, -0.1) is 0 Å². The summed E-state index contributed by atoms with van der Waals surface area (Å²) in [6, 6.07) is 12.5. The number of fused-ring (bicyclic) bond motifs is 1. The van der Waals surface area contributed by atoms with Crippen molar-refractivity contribution in [1.82, 2.24) is 0 Å². The van der Waals surface area contributed by atoms with Gasteiger partial charge in [0.25, 0.3) is 11.8 Å². The smallest absolute Gasteiger partial charge is 0.349 e. The Morgan fingerprint density at radius 2 is 1.84 bits per heavy atom. The number of primary amides is 1. The molecule has 0 aliphatic carbocycles. The zero-order valence-corrected chi connectivity index (χ0v) is 13.2. The van der Waals surface area contributed by atoms with Crippen molar-refractivity contribution in [3.63, 3.8) is 0 Å². The van der Waals surface area contributed by atoms with Gasteiger partial charge in [0.2, 0.25) is 0 Å². The van der Waals surface area contributed by atoms with Gasteiger partial charge < -0.3 is 20.2 Å². The molecule has 0 spiro atoms. The Hall–Kier alpha value is -3.61. The Balaban J connectivity index is 2.01. The number of anilines is 1. The molecular weight excluding hydrogens is 324 g/mol. The molecule has 7 heteroatoms. The normalized spacial score (nSPS) is 10.4. The van der Waals surface area contributed by atoms with Crippen LogP contribution in [0, 0.1) is 0 Å². The number of hydrogen-bond acceptors (Lipinski definition) is 5. The van der Waals surface area contributed by atoms with E-state index in [0.717, 1.165) is 0 Å². The van der Waals surface area contributed by atoms with E-state index in [4.69, 9.17) is 14.9 Å². The number of methoxy groups -OCH3 is 1. The first-order valence-corrected chi connectivity index (χ1v) is 7.31. The second kappa shape index (κ2) is 6.48. The van der Waals surface area contributed by atoms with Crippen LogP contribution in [0.5, 0.6) is 5.75 Å². The lowest BCUT2D eigenvalue weighted by atomic mass is 10.1. The van der Waals surface area contributed by atoms with Gasteiger partial charge in [-0.3, -0.25) is 9.59 Å². The largest absolute Gasteiger partial charge is 0.497 e. The molecule has 3 rings (SSSR count). The van der Waals surface area contributed by atoms with Crippen LogP contribution in [0.1, 0.15) is 20.7 Å². The molecule has 0 aliphatic heterocycles. The van der Waals surface area contributed by atoms with E-state index in [1.165, 1.54) is 25.3 Å². The van der Waals surface area contributed by atoms with Crippen LogP contribution in [-0.4, -0.2) is 18.9 Å². The Kier molecular flexibility index (Phi) is 4.21. The van der Waals surface area contributed by atoms with E-state index in [2.05, 4.69) is 5.32 Å². The molecule has 3 N–H and O–H groups in total. The molecule has 0 saturated heterocycles. The lowest BCUT2D eigenvalue weighted by Gasteiger charge is -2.09. The molecule has 0 bridgehead atoms. The Morgan fingerprint density at radius 3 is 2.56 bits per heavy atom. The van der Waals surface area contributed by atoms with Crippen molar-refractivity contribution in [3.05, 3.63) is 70.1 Å². The fourth-order valence-electron chi connectivity index (χ4n) is 2.38. The molecule has 0 unspecified atom stereocenters. The summed E-state index contributed by atoms with van der Waals surface area (Å²) < 4.78 is 10.3. The third kappa shape index (κ3) is 3.20. The van der Waals surface area contributed by atoms with Gasteiger partial charge in [-0.05, 0) is 36.4 Å². The zero-order chi connectivity index (χ0) is 18.0. The van der Waals surface area contributed by atoms with Crippen LogP contribution >= 0.6 is 0 Å². The zero-order valence-electron chi connectivity index (χ0n) is 13.2. The SMILES string of the molecule is COc1ccc2oc(=O)c(C(=O)Nc3ccccc3C(N)=O)cc2c1. The van der Waals surface area contributed by atoms with Gasteiger partial charge >= 0.3 is 5.63 Å². The van der Waals surface area contributed by atoms with Crippen molar-refractivity contribution >= 4 is 28.5 Å². The standard InChI is InChI=1S/C18H14N2O5/c1-24-11-6-7-15-10(8-11)9-13(18(23)25-15)17(22)20-14-5-3-2-4-12(14)16(19)21/h2-9H,1H3,(H2,19,21)(H,20,22). The van der Waals surface area contributed by atoms with E-state index in [-0.39, 0.29) is 16.8 Å². The number of rotatable bonds is 4. The van der Waals surface area contributed by atoms with Crippen molar-refractivity contribution in [2.45, 2.75) is 0 Å². The van der Waals surface area contributed by atoms with Gasteiger partial charge in [-0.25, -0.2) is 4.79 Å². The second-order valence-electron chi connectivity index (χ2n) is 5.22. The quantitative estimate of drug-likeness (QED) is 0.708. The second-order valence-corrected chi connectivity index (χ2v) is 5.22. The lowest BCUT2D eigenvalue weighted by molar-refractivity contribution is 0.100. The molecule has 0 fully saturated rings. The van der Waals surface area contributed by atoms with Gasteiger partial charge in [-0.2, -0.15) is 0 Å². The number of nitrogens with one attached hydrogen (secondary N) is 1. The summed E-state index contributed by atoms with van der Waals surface area (Å²) in [5.74, 6) is -0.829. The predicted octanol–water partition coefficient (Wildman–Crippen LogP) is 2.15. The highest BCUT2D eigenvalue weighted by atomic mass is 16.5. The fourth-order valence-corrected chi connectivity index (χ4v) is 2.38. The molecule has 1 heterocycles. The highest BCUT2D eigenvalue weighted by Gasteiger charge is 2.16. The highest BCUT2D eigenvalue weighted by molar-refractivity contribution is 6.09. The number of amides is 2. The van der Waals surface area contributed by atoms with E-state index in [0.29, 0.717) is 16.7 Å². The molecule has 2 aromatic carbocycles. The molecule has 0 radical (unpaired) electrons. The van der Waals surface area contributed by atoms with Crippen LogP contribution in [0.15, 0.2) is 57.7 Å². The molecule has 1 aromatic heterocycles. The van der Waals surface area contributed by atoms with Crippen LogP contribution in [0.25, 0.3) is 11.0 Å². The number of ether oxygens (including phenoxy) is 1. The summed E-state index contributed by atoms with van der Waals surface area (Å²) in [6.45, 7) is 0. The van der Waals surface area contributed by atoms with Crippen LogP contribution in [-0.2, 0) is 0 Å². The molecular formula is C18H14N2O5. The Bertz CT molecular complexity index is 1040. The summed E-state index contributed by atoms with van der Waals surface area (Å²) in [7, 11) is 1.51. The maximum absolute atomic E-state index is 12.5. The van der Waals surface area contributed by atoms with Gasteiger partial charge in [0, 0.05) is 5.39 Å². The number of carbonyl (C=O) groups excluding carboxylic acids is 2. The molecule has 126 valence electrons. The van der Waals surface area contributed by atoms with Crippen molar-refractivity contribution < 1.29 is 18.7 Å². The minimum atomic E-state index is -0.785. The molecule has 7 nitrogen and oxygen atoms in total. The van der Waals surface area contributed by atoms with Crippen LogP contribution in [0.2, 0.25) is 0 Å². The van der Waals surface area contributed by atoms with Gasteiger partial charge in [0.1, 0.15) is 16.9 Å². The predicted molar refractivity (Wildman–Crippen MR) is 91.9 cm³/mol. The molecule has 3 aromatic rings. The summed E-state index contributed by atoms with van der Waals surface area (Å²) in [6.07, 6.45) is 0. The third-order valence-electron chi connectivity index (χ3n) is 3.62. The van der Waals surface area contributed by atoms with Gasteiger partial charge in [-0.1, -0.05) is 12.1 Å². The van der Waals surface area contributed by atoms with Crippen LogP contribution in [0.4, 0.5) is 5.69 Å². The molecule has 0 saturated carbocycles. The summed E-state index contributed by atoms with van der Waals surface area (Å²) in [5, 5.41) is 3.05. The maximum atomic E-state index is 12.5. The van der Waals surface area contributed by atoms with E-state index in [9.17, 15) is 14.4 Å². The van der Waals surface area contributed by atoms with E-state index in [1.807, 2.05) is 0 Å². The molecule has 0 aliphatic rings. The number of benzene rings is 2. The minimum absolute atomic E-state index is 0.141. The minimum Gasteiger partial charge on any atom is -0.497 e. The average molecular weight is 338 g/mol. The monoisotopic (exact) mass is 338 g/mol. The Labute approximate surface area is 142 Å². The first kappa shape index (κ1) is 16.3. The molecule has 25 heavy (non-hydrogen) atoms. The maximum Gasteiger partial charge on any atom is 0.349 e. The summed E-state index contributed by atoms with van der Waals surface area (Å²) >= 11 is 0. The van der Waals surface area contributed by atoms with Crippen molar-refractivity contribution in [2.75, 3.05) is 12.4 Å². The van der Waals surface area contributed by atoms with Crippen LogP contribution in [0.3, 0.4) is 0 Å². The number of para-hydroxylation sites is 1. The fraction of sp³-hybridized carbons (Fsp3) is 0.0556. The molecule has 2 amide bonds. The highest BCUT2D eigenvalue weighted by Crippen LogP contribution is 2.21. The topological polar surface area (TPSA) is 112 Å². The van der Waals surface area contributed by atoms with Gasteiger partial charge in [0.15, 0.2) is 0 Å². The lowest BCUT2D eigenvalue weighted by Crippen LogP contribution is -2.23. The average Bonchev–Trinajstić information content (AvgIpc) is 2.61. The molecule has 0 atom stereocenters. The van der Waals surface area contributed by atoms with E-state index >= 15 is 0 Å². The summed E-state index contributed by atoms with van der Waals surface area (Å²) in [4.78, 5) is 36.0. The number of hydrogen-bond donors (Lipinski definition) is 2. The van der Waals surface area contributed by atoms with E-state index in [1.54, 1.807) is 30.3 Å². The van der Waals surface area contributed by atoms with Crippen molar-refractivity contribution in [2.24, 2.45) is 5.73 Å². The Morgan fingerprint density at radius 1 is 1.08 bits per heavy atom. The van der Waals surface area contributed by atoms with Gasteiger partial charge in [0.05, 0.1) is 18.4 Å². The van der Waals surface area contributed by atoms with Crippen molar-refractivity contribution in [1.29, 1.82) is 0 Å². The van der Waals surface area contributed by atoms with E-state index < -0.39 is 17.4 Å². The van der Waals surface area contributed by atoms with Crippen molar-refractivity contribution in [3.8, 4) is 5.75 Å². The summed E-state index contributed by atoms with van der Waals surface area (Å²) in [5.41, 5.74) is 4.99. The third-order valence-corrected chi connectivity index (χ3v) is 3.62. The van der Waals surface area contributed by atoms with Crippen LogP contribution < -0.4 is 21.4 Å². The first-order chi connectivity index (χ1) is 12.0. The number of carbonyl (C=O) groups is 2. The number of nitrogens with two attached hydrogens (primary N) is 1.